The second-order valence-corrected chi connectivity index (χ2v) is 5.19. The lowest BCUT2D eigenvalue weighted by atomic mass is 10.1. The maximum Gasteiger partial charge on any atom is 0.138 e. The highest BCUT2D eigenvalue weighted by atomic mass is 16.5. The minimum absolute atomic E-state index is 0.144. The molecule has 2 aromatic rings. The summed E-state index contributed by atoms with van der Waals surface area (Å²) < 4.78 is 5.78. The maximum absolute atomic E-state index is 9.71. The molecule has 2 aromatic carbocycles. The predicted molar refractivity (Wildman–Crippen MR) is 79.0 cm³/mol. The fourth-order valence-corrected chi connectivity index (χ4v) is 2.45. The van der Waals surface area contributed by atoms with E-state index in [4.69, 9.17) is 4.74 Å². The van der Waals surface area contributed by atoms with Crippen molar-refractivity contribution in [3.8, 4) is 5.75 Å². The van der Waals surface area contributed by atoms with E-state index in [1.807, 2.05) is 18.2 Å². The fraction of sp³-hybridized carbons (Fsp3) is 0.294. The van der Waals surface area contributed by atoms with Gasteiger partial charge in [0.1, 0.15) is 18.0 Å². The second kappa shape index (κ2) is 6.07. The Morgan fingerprint density at radius 2 is 1.65 bits per heavy atom. The molecule has 0 bridgehead atoms. The minimum atomic E-state index is -0.418. The Morgan fingerprint density at radius 3 is 2.30 bits per heavy atom. The second-order valence-electron chi connectivity index (χ2n) is 5.19. The molecule has 20 heavy (non-hydrogen) atoms. The fourth-order valence-electron chi connectivity index (χ4n) is 2.45. The first-order chi connectivity index (χ1) is 9.81. The van der Waals surface area contributed by atoms with Crippen LogP contribution in [-0.2, 0) is 6.42 Å². The number of hydrogen-bond acceptors (Lipinski definition) is 3. The smallest absolute Gasteiger partial charge is 0.138 e. The number of aliphatic hydroxyl groups is 1. The zero-order valence-electron chi connectivity index (χ0n) is 11.3. The molecular formula is C17H19NO2. The van der Waals surface area contributed by atoms with E-state index in [1.165, 1.54) is 11.1 Å². The Morgan fingerprint density at radius 1 is 0.950 bits per heavy atom. The lowest BCUT2D eigenvalue weighted by molar-refractivity contribution is 0.0737. The van der Waals surface area contributed by atoms with Crippen LogP contribution in [0.5, 0.6) is 5.75 Å². The summed E-state index contributed by atoms with van der Waals surface area (Å²) in [5, 5.41) is 12.8. The summed E-state index contributed by atoms with van der Waals surface area (Å²) in [6.45, 7) is 1.31. The summed E-state index contributed by atoms with van der Waals surface area (Å²) in [5.41, 5.74) is 2.56. The molecule has 0 aromatic heterocycles. The van der Waals surface area contributed by atoms with Gasteiger partial charge in [-0.2, -0.15) is 0 Å². The van der Waals surface area contributed by atoms with Gasteiger partial charge in [-0.05, 0) is 29.7 Å². The topological polar surface area (TPSA) is 41.5 Å². The summed E-state index contributed by atoms with van der Waals surface area (Å²) in [6, 6.07) is 18.5. The predicted octanol–water partition coefficient (Wildman–Crippen LogP) is 1.99. The number of ether oxygens (including phenoxy) is 1. The highest BCUT2D eigenvalue weighted by Crippen LogP contribution is 2.18. The number of rotatable bonds is 4. The van der Waals surface area contributed by atoms with E-state index >= 15 is 0 Å². The first-order valence-corrected chi connectivity index (χ1v) is 6.99. The molecule has 1 aliphatic heterocycles. The van der Waals surface area contributed by atoms with E-state index in [0.717, 1.165) is 12.2 Å². The van der Waals surface area contributed by atoms with Gasteiger partial charge < -0.3 is 15.2 Å². The summed E-state index contributed by atoms with van der Waals surface area (Å²) in [5.74, 6) is 0.814. The highest BCUT2D eigenvalue weighted by molar-refractivity contribution is 5.31. The van der Waals surface area contributed by atoms with Crippen LogP contribution in [0.1, 0.15) is 11.1 Å². The zero-order valence-corrected chi connectivity index (χ0v) is 11.3. The van der Waals surface area contributed by atoms with Crippen LogP contribution in [0.4, 0.5) is 0 Å². The Labute approximate surface area is 119 Å². The molecule has 0 aliphatic carbocycles. The van der Waals surface area contributed by atoms with Gasteiger partial charge in [-0.25, -0.2) is 0 Å². The Balaban J connectivity index is 1.62. The SMILES string of the molecule is OC1CNCC1Oc1ccc(Cc2ccccc2)cc1. The third-order valence-electron chi connectivity index (χ3n) is 3.59. The quantitative estimate of drug-likeness (QED) is 0.892. The van der Waals surface area contributed by atoms with Crippen molar-refractivity contribution in [1.29, 1.82) is 0 Å². The summed E-state index contributed by atoms with van der Waals surface area (Å²) in [6.07, 6.45) is 0.364. The molecule has 104 valence electrons. The third kappa shape index (κ3) is 3.18. The normalized spacial score (nSPS) is 21.9. The van der Waals surface area contributed by atoms with Crippen LogP contribution in [0.3, 0.4) is 0 Å². The number of hydrogen-bond donors (Lipinski definition) is 2. The zero-order chi connectivity index (χ0) is 13.8. The molecule has 3 nitrogen and oxygen atoms in total. The van der Waals surface area contributed by atoms with Crippen LogP contribution in [0.2, 0.25) is 0 Å². The van der Waals surface area contributed by atoms with Gasteiger partial charge in [0.25, 0.3) is 0 Å². The lowest BCUT2D eigenvalue weighted by Gasteiger charge is -2.16. The van der Waals surface area contributed by atoms with Gasteiger partial charge in [0.05, 0.1) is 0 Å². The van der Waals surface area contributed by atoms with Crippen LogP contribution in [0, 0.1) is 0 Å². The Kier molecular flexibility index (Phi) is 4.00. The van der Waals surface area contributed by atoms with Gasteiger partial charge in [0.15, 0.2) is 0 Å². The van der Waals surface area contributed by atoms with Crippen molar-refractivity contribution in [1.82, 2.24) is 5.32 Å². The average Bonchev–Trinajstić information content (AvgIpc) is 2.88. The molecule has 0 amide bonds. The highest BCUT2D eigenvalue weighted by Gasteiger charge is 2.26. The van der Waals surface area contributed by atoms with Gasteiger partial charge >= 0.3 is 0 Å². The van der Waals surface area contributed by atoms with E-state index < -0.39 is 6.10 Å². The van der Waals surface area contributed by atoms with E-state index in [0.29, 0.717) is 13.1 Å². The molecule has 1 fully saturated rings. The maximum atomic E-state index is 9.71. The number of aliphatic hydroxyl groups excluding tert-OH is 1. The van der Waals surface area contributed by atoms with E-state index in [1.54, 1.807) is 0 Å². The molecule has 1 saturated heterocycles. The van der Waals surface area contributed by atoms with E-state index in [2.05, 4.69) is 41.7 Å². The van der Waals surface area contributed by atoms with Crippen LogP contribution in [-0.4, -0.2) is 30.4 Å². The van der Waals surface area contributed by atoms with Crippen molar-refractivity contribution in [3.63, 3.8) is 0 Å². The third-order valence-corrected chi connectivity index (χ3v) is 3.59. The number of benzene rings is 2. The summed E-state index contributed by atoms with van der Waals surface area (Å²) in [4.78, 5) is 0. The standard InChI is InChI=1S/C17H19NO2/c19-16-11-18-12-17(16)20-15-8-6-14(7-9-15)10-13-4-2-1-3-5-13/h1-9,16-19H,10-12H2. The Bertz CT molecular complexity index is 539. The molecule has 0 saturated carbocycles. The molecule has 2 atom stereocenters. The molecule has 3 rings (SSSR count). The molecule has 3 heteroatoms. The van der Waals surface area contributed by atoms with Gasteiger partial charge in [-0.3, -0.25) is 0 Å². The molecule has 0 radical (unpaired) electrons. The van der Waals surface area contributed by atoms with Crippen LogP contribution in [0.25, 0.3) is 0 Å². The largest absolute Gasteiger partial charge is 0.486 e. The lowest BCUT2D eigenvalue weighted by Crippen LogP contribution is -2.29. The van der Waals surface area contributed by atoms with Gasteiger partial charge in [-0.15, -0.1) is 0 Å². The molecule has 2 N–H and O–H groups in total. The van der Waals surface area contributed by atoms with Gasteiger partial charge in [-0.1, -0.05) is 42.5 Å². The molecule has 1 heterocycles. The van der Waals surface area contributed by atoms with Crippen molar-refractivity contribution in [2.45, 2.75) is 18.6 Å². The van der Waals surface area contributed by atoms with Crippen LogP contribution in [0.15, 0.2) is 54.6 Å². The van der Waals surface area contributed by atoms with Gasteiger partial charge in [0.2, 0.25) is 0 Å². The minimum Gasteiger partial charge on any atom is -0.486 e. The summed E-state index contributed by atoms with van der Waals surface area (Å²) >= 11 is 0. The Hall–Kier alpha value is -1.84. The van der Waals surface area contributed by atoms with E-state index in [9.17, 15) is 5.11 Å². The van der Waals surface area contributed by atoms with Crippen molar-refractivity contribution in [2.24, 2.45) is 0 Å². The first-order valence-electron chi connectivity index (χ1n) is 6.99. The van der Waals surface area contributed by atoms with Crippen molar-refractivity contribution in [2.75, 3.05) is 13.1 Å². The molecular weight excluding hydrogens is 250 g/mol. The summed E-state index contributed by atoms with van der Waals surface area (Å²) in [7, 11) is 0. The monoisotopic (exact) mass is 269 g/mol. The van der Waals surface area contributed by atoms with Crippen molar-refractivity contribution in [3.05, 3.63) is 65.7 Å². The average molecular weight is 269 g/mol. The molecule has 2 unspecified atom stereocenters. The first kappa shape index (κ1) is 13.2. The van der Waals surface area contributed by atoms with Crippen LogP contribution < -0.4 is 10.1 Å². The molecule has 1 aliphatic rings. The van der Waals surface area contributed by atoms with Crippen molar-refractivity contribution >= 4 is 0 Å². The van der Waals surface area contributed by atoms with E-state index in [-0.39, 0.29) is 6.10 Å². The number of nitrogens with one attached hydrogen (secondary N) is 1. The van der Waals surface area contributed by atoms with Gasteiger partial charge in [0, 0.05) is 13.1 Å². The number of β-amino-alcohol motifs (C(OH)–C–C–N with tert-alkyl or cyclic N) is 1. The van der Waals surface area contributed by atoms with Crippen LogP contribution >= 0.6 is 0 Å². The van der Waals surface area contributed by atoms with Crippen molar-refractivity contribution < 1.29 is 9.84 Å². The molecule has 0 spiro atoms.